The number of hydrogen-bond acceptors (Lipinski definition) is 4. The third-order valence-electron chi connectivity index (χ3n) is 3.30. The van der Waals surface area contributed by atoms with Crippen LogP contribution < -0.4 is 0 Å². The van der Waals surface area contributed by atoms with Crippen LogP contribution in [-0.2, 0) is 27.2 Å². The highest BCUT2D eigenvalue weighted by Gasteiger charge is 2.44. The van der Waals surface area contributed by atoms with Crippen molar-refractivity contribution in [3.8, 4) is 0 Å². The maximum absolute atomic E-state index is 12.9. The van der Waals surface area contributed by atoms with Gasteiger partial charge in [0.1, 0.15) is 0 Å². The predicted octanol–water partition coefficient (Wildman–Crippen LogP) is 3.24. The number of halogens is 6. The predicted molar refractivity (Wildman–Crippen MR) is 68.5 cm³/mol. The van der Waals surface area contributed by atoms with Gasteiger partial charge < -0.3 is 9.57 Å². The van der Waals surface area contributed by atoms with Crippen molar-refractivity contribution in [3.63, 3.8) is 0 Å². The van der Waals surface area contributed by atoms with Crippen LogP contribution in [0.4, 0.5) is 26.3 Å². The molecule has 0 N–H and O–H groups in total. The van der Waals surface area contributed by atoms with E-state index in [9.17, 15) is 31.1 Å². The van der Waals surface area contributed by atoms with Crippen LogP contribution in [0.1, 0.15) is 16.7 Å². The van der Waals surface area contributed by atoms with Gasteiger partial charge in [-0.1, -0.05) is 17.7 Å². The highest BCUT2D eigenvalue weighted by molar-refractivity contribution is 5.75. The van der Waals surface area contributed by atoms with E-state index in [0.717, 1.165) is 11.1 Å². The minimum absolute atomic E-state index is 0.0705. The van der Waals surface area contributed by atoms with Crippen molar-refractivity contribution in [1.29, 1.82) is 0 Å². The van der Waals surface area contributed by atoms with Crippen LogP contribution in [0.3, 0.4) is 0 Å². The fourth-order valence-electron chi connectivity index (χ4n) is 2.04. The van der Waals surface area contributed by atoms with Gasteiger partial charge in [-0.3, -0.25) is 0 Å². The number of carbonyl (C=O) groups excluding carboxylic acids is 1. The first-order chi connectivity index (χ1) is 11.0. The largest absolute Gasteiger partial charge is 0.492 e. The lowest BCUT2D eigenvalue weighted by Crippen LogP contribution is -2.53. The second kappa shape index (κ2) is 6.60. The Labute approximate surface area is 132 Å². The summed E-state index contributed by atoms with van der Waals surface area (Å²) in [5.74, 6) is -2.35. The summed E-state index contributed by atoms with van der Waals surface area (Å²) in [7, 11) is 0. The molecule has 1 heterocycles. The van der Waals surface area contributed by atoms with Gasteiger partial charge in [-0.25, -0.2) is 4.79 Å². The first-order valence-electron chi connectivity index (χ1n) is 6.79. The molecule has 0 unspecified atom stereocenters. The molecule has 4 nitrogen and oxygen atoms in total. The normalized spacial score (nSPS) is 16.8. The highest BCUT2D eigenvalue weighted by Crippen LogP contribution is 2.33. The maximum Gasteiger partial charge on any atom is 0.492 e. The molecular weight excluding hydrogens is 344 g/mol. The minimum atomic E-state index is -5.10. The Balaban J connectivity index is 1.86. The van der Waals surface area contributed by atoms with E-state index >= 15 is 0 Å². The molecule has 1 saturated heterocycles. The van der Waals surface area contributed by atoms with Gasteiger partial charge in [0, 0.05) is 0 Å². The summed E-state index contributed by atoms with van der Waals surface area (Å²) in [6, 6.07) is 3.79. The van der Waals surface area contributed by atoms with Crippen LogP contribution in [0.25, 0.3) is 0 Å². The van der Waals surface area contributed by atoms with Crippen LogP contribution in [0.2, 0.25) is 0 Å². The quantitative estimate of drug-likeness (QED) is 0.776. The fourth-order valence-corrected chi connectivity index (χ4v) is 2.04. The average molecular weight is 357 g/mol. The Morgan fingerprint density at radius 1 is 1.21 bits per heavy atom. The van der Waals surface area contributed by atoms with Crippen molar-refractivity contribution >= 4 is 5.97 Å². The minimum Gasteiger partial charge on any atom is -0.371 e. The van der Waals surface area contributed by atoms with E-state index < -0.39 is 30.0 Å². The molecule has 1 aliphatic heterocycles. The monoisotopic (exact) mass is 357 g/mol. The molecule has 2 rings (SSSR count). The third-order valence-corrected chi connectivity index (χ3v) is 3.30. The molecule has 0 amide bonds. The number of alkyl halides is 6. The van der Waals surface area contributed by atoms with Crippen LogP contribution in [0.5, 0.6) is 0 Å². The summed E-state index contributed by atoms with van der Waals surface area (Å²) < 4.78 is 80.0. The Morgan fingerprint density at radius 3 is 2.38 bits per heavy atom. The van der Waals surface area contributed by atoms with Crippen molar-refractivity contribution in [1.82, 2.24) is 5.06 Å². The van der Waals surface area contributed by atoms with E-state index in [1.54, 1.807) is 0 Å². The van der Waals surface area contributed by atoms with Crippen LogP contribution >= 0.6 is 0 Å². The number of aryl methyl sites for hydroxylation is 1. The average Bonchev–Trinajstić information content (AvgIpc) is 2.39. The molecule has 134 valence electrons. The van der Waals surface area contributed by atoms with Gasteiger partial charge in [-0.05, 0) is 18.6 Å². The second-order valence-corrected chi connectivity index (χ2v) is 5.31. The highest BCUT2D eigenvalue weighted by atomic mass is 19.4. The van der Waals surface area contributed by atoms with Crippen molar-refractivity contribution < 1.29 is 40.7 Å². The first-order valence-corrected chi connectivity index (χ1v) is 6.79. The van der Waals surface area contributed by atoms with Gasteiger partial charge in [-0.2, -0.15) is 26.3 Å². The lowest BCUT2D eigenvalue weighted by Gasteiger charge is -2.36. The summed E-state index contributed by atoms with van der Waals surface area (Å²) in [5, 5.41) is 0.736. The van der Waals surface area contributed by atoms with Gasteiger partial charge >= 0.3 is 18.3 Å². The van der Waals surface area contributed by atoms with E-state index in [0.29, 0.717) is 5.56 Å². The van der Waals surface area contributed by atoms with Crippen molar-refractivity contribution in [3.05, 3.63) is 34.9 Å². The number of hydroxylamine groups is 2. The smallest absolute Gasteiger partial charge is 0.371 e. The Hall–Kier alpha value is -1.81. The zero-order chi connectivity index (χ0) is 18.1. The number of nitrogens with zero attached hydrogens (tertiary/aromatic N) is 1. The fraction of sp³-hybridized carbons (Fsp3) is 0.500. The number of benzene rings is 1. The standard InChI is InChI=1S/C14H13F6NO3/c1-8-2-3-9(11(4-8)13(15,16)17)7-23-10-5-21(6-10)24-12(22)14(18,19)20/h2-4,10H,5-7H2,1H3. The molecule has 0 atom stereocenters. The molecule has 1 aliphatic rings. The summed E-state index contributed by atoms with van der Waals surface area (Å²) in [4.78, 5) is 14.6. The molecule has 1 aromatic carbocycles. The number of carbonyl (C=O) groups is 1. The molecule has 10 heteroatoms. The SMILES string of the molecule is Cc1ccc(COC2CN(OC(=O)C(F)(F)F)C2)c(C(F)(F)F)c1. The van der Waals surface area contributed by atoms with Crippen LogP contribution in [0, 0.1) is 6.92 Å². The van der Waals surface area contributed by atoms with Gasteiger partial charge in [-0.15, -0.1) is 5.06 Å². The molecule has 0 aliphatic carbocycles. The van der Waals surface area contributed by atoms with Gasteiger partial charge in [0.15, 0.2) is 0 Å². The van der Waals surface area contributed by atoms with Crippen LogP contribution in [0.15, 0.2) is 18.2 Å². The number of hydrogen-bond donors (Lipinski definition) is 0. The van der Waals surface area contributed by atoms with Gasteiger partial charge in [0.2, 0.25) is 0 Å². The molecule has 1 fully saturated rings. The number of ether oxygens (including phenoxy) is 1. The molecule has 24 heavy (non-hydrogen) atoms. The molecule has 0 bridgehead atoms. The second-order valence-electron chi connectivity index (χ2n) is 5.31. The van der Waals surface area contributed by atoms with E-state index in [1.165, 1.54) is 19.1 Å². The molecule has 0 aromatic heterocycles. The Kier molecular flexibility index (Phi) is 5.09. The topological polar surface area (TPSA) is 38.8 Å². The lowest BCUT2D eigenvalue weighted by atomic mass is 10.0. The summed E-state index contributed by atoms with van der Waals surface area (Å²) >= 11 is 0. The Bertz CT molecular complexity index is 608. The van der Waals surface area contributed by atoms with Gasteiger partial charge in [0.25, 0.3) is 0 Å². The van der Waals surface area contributed by atoms with E-state index in [4.69, 9.17) is 4.74 Å². The Morgan fingerprint density at radius 2 is 1.83 bits per heavy atom. The van der Waals surface area contributed by atoms with Crippen molar-refractivity contribution in [2.45, 2.75) is 32.0 Å². The summed E-state index contributed by atoms with van der Waals surface area (Å²) in [5.41, 5.74) is -0.444. The zero-order valence-electron chi connectivity index (χ0n) is 12.4. The molecule has 0 radical (unpaired) electrons. The number of rotatable bonds is 4. The molecule has 0 spiro atoms. The zero-order valence-corrected chi connectivity index (χ0v) is 12.4. The van der Waals surface area contributed by atoms with E-state index in [-0.39, 0.29) is 25.3 Å². The van der Waals surface area contributed by atoms with Gasteiger partial charge in [0.05, 0.1) is 31.4 Å². The summed E-state index contributed by atoms with van der Waals surface area (Å²) in [6.07, 6.45) is -10.2. The third kappa shape index (κ3) is 4.60. The van der Waals surface area contributed by atoms with E-state index in [1.807, 2.05) is 0 Å². The summed E-state index contributed by atoms with van der Waals surface area (Å²) in [6.45, 7) is 0.892. The van der Waals surface area contributed by atoms with E-state index in [2.05, 4.69) is 4.84 Å². The lowest BCUT2D eigenvalue weighted by molar-refractivity contribution is -0.269. The maximum atomic E-state index is 12.9. The molecule has 1 aromatic rings. The first kappa shape index (κ1) is 18.5. The van der Waals surface area contributed by atoms with Crippen molar-refractivity contribution in [2.24, 2.45) is 0 Å². The molecule has 0 saturated carbocycles. The molecular formula is C14H13F6NO3. The van der Waals surface area contributed by atoms with Crippen LogP contribution in [-0.4, -0.2) is 36.4 Å². The van der Waals surface area contributed by atoms with Crippen molar-refractivity contribution in [2.75, 3.05) is 13.1 Å².